The Morgan fingerprint density at radius 2 is 1.75 bits per heavy atom. The van der Waals surface area contributed by atoms with E-state index in [1.54, 1.807) is 0 Å². The summed E-state index contributed by atoms with van der Waals surface area (Å²) in [4.78, 5) is 7.37. The zero-order valence-corrected chi connectivity index (χ0v) is 16.4. The first-order valence-electron chi connectivity index (χ1n) is 10.7. The highest BCUT2D eigenvalue weighted by atomic mass is 16.5. The molecule has 0 N–H and O–H groups in total. The van der Waals surface area contributed by atoms with Crippen molar-refractivity contribution < 1.29 is 4.74 Å². The van der Waals surface area contributed by atoms with Crippen LogP contribution in [0.1, 0.15) is 43.4 Å². The van der Waals surface area contributed by atoms with Gasteiger partial charge in [0.15, 0.2) is 5.65 Å². The fourth-order valence-electron chi connectivity index (χ4n) is 4.58. The predicted molar refractivity (Wildman–Crippen MR) is 111 cm³/mol. The molecule has 2 aromatic heterocycles. The number of benzene rings is 1. The molecule has 2 aliphatic rings. The zero-order chi connectivity index (χ0) is 18.8. The lowest BCUT2D eigenvalue weighted by Crippen LogP contribution is -2.21. The van der Waals surface area contributed by atoms with E-state index in [0.717, 1.165) is 43.8 Å². The molecule has 0 radical (unpaired) electrons. The molecule has 146 valence electrons. The third-order valence-corrected chi connectivity index (χ3v) is 6.02. The van der Waals surface area contributed by atoms with E-state index in [9.17, 15) is 0 Å². The van der Waals surface area contributed by atoms with Gasteiger partial charge in [0.2, 0.25) is 0 Å². The Bertz CT molecular complexity index is 941. The van der Waals surface area contributed by atoms with Crippen molar-refractivity contribution in [3.05, 3.63) is 47.8 Å². The molecule has 0 unspecified atom stereocenters. The van der Waals surface area contributed by atoms with E-state index in [4.69, 9.17) is 9.72 Å². The van der Waals surface area contributed by atoms with E-state index in [2.05, 4.69) is 34.3 Å². The fraction of sp³-hybridized carbons (Fsp3) is 0.478. The van der Waals surface area contributed by atoms with Gasteiger partial charge < -0.3 is 9.64 Å². The third kappa shape index (κ3) is 3.51. The summed E-state index contributed by atoms with van der Waals surface area (Å²) in [6.07, 6.45) is 10.3. The molecule has 3 aromatic rings. The molecule has 1 saturated heterocycles. The number of rotatable bonds is 6. The Morgan fingerprint density at radius 3 is 2.61 bits per heavy atom. The van der Waals surface area contributed by atoms with Crippen molar-refractivity contribution in [2.45, 2.75) is 44.9 Å². The first-order chi connectivity index (χ1) is 13.9. The van der Waals surface area contributed by atoms with Crippen molar-refractivity contribution in [2.24, 2.45) is 0 Å². The highest BCUT2D eigenvalue weighted by Gasteiger charge is 2.20. The maximum Gasteiger partial charge on any atom is 0.155 e. The average molecular weight is 377 g/mol. The molecule has 5 heteroatoms. The lowest BCUT2D eigenvalue weighted by molar-refractivity contribution is 0.263. The van der Waals surface area contributed by atoms with Crippen LogP contribution in [0, 0.1) is 0 Å². The molecule has 0 spiro atoms. The van der Waals surface area contributed by atoms with Crippen molar-refractivity contribution in [3.8, 4) is 17.0 Å². The van der Waals surface area contributed by atoms with Crippen molar-refractivity contribution in [2.75, 3.05) is 26.2 Å². The van der Waals surface area contributed by atoms with E-state index < -0.39 is 0 Å². The fourth-order valence-corrected chi connectivity index (χ4v) is 4.58. The van der Waals surface area contributed by atoms with Crippen LogP contribution in [0.4, 0.5) is 0 Å². The Labute approximate surface area is 166 Å². The topological polar surface area (TPSA) is 42.7 Å². The van der Waals surface area contributed by atoms with Gasteiger partial charge in [0.25, 0.3) is 0 Å². The molecule has 0 atom stereocenters. The number of aromatic nitrogens is 3. The van der Waals surface area contributed by atoms with Gasteiger partial charge in [-0.2, -0.15) is 5.10 Å². The van der Waals surface area contributed by atoms with Crippen LogP contribution in [0.15, 0.2) is 36.5 Å². The minimum Gasteiger partial charge on any atom is -0.494 e. The Balaban J connectivity index is 1.32. The molecule has 1 aromatic carbocycles. The number of hydrogen-bond acceptors (Lipinski definition) is 4. The lowest BCUT2D eigenvalue weighted by atomic mass is 9.92. The Kier molecular flexibility index (Phi) is 5.00. The second-order valence-corrected chi connectivity index (χ2v) is 7.97. The zero-order valence-electron chi connectivity index (χ0n) is 16.4. The number of ether oxygens (including phenoxy) is 1. The van der Waals surface area contributed by atoms with Gasteiger partial charge in [-0.15, -0.1) is 0 Å². The van der Waals surface area contributed by atoms with Crippen LogP contribution in [-0.4, -0.2) is 45.7 Å². The normalized spacial score (nSPS) is 17.1. The van der Waals surface area contributed by atoms with Crippen molar-refractivity contribution in [1.29, 1.82) is 0 Å². The maximum atomic E-state index is 5.98. The molecule has 0 amide bonds. The maximum absolute atomic E-state index is 5.98. The van der Waals surface area contributed by atoms with Crippen LogP contribution >= 0.6 is 0 Å². The summed E-state index contributed by atoms with van der Waals surface area (Å²) in [5.74, 6) is 0.949. The first-order valence-corrected chi connectivity index (χ1v) is 10.7. The summed E-state index contributed by atoms with van der Waals surface area (Å²) in [7, 11) is 0. The molecule has 1 aliphatic carbocycles. The van der Waals surface area contributed by atoms with Crippen LogP contribution in [0.3, 0.4) is 0 Å². The Morgan fingerprint density at radius 1 is 0.929 bits per heavy atom. The van der Waals surface area contributed by atoms with Crippen LogP contribution in [-0.2, 0) is 12.8 Å². The van der Waals surface area contributed by atoms with Crippen molar-refractivity contribution in [3.63, 3.8) is 0 Å². The quantitative estimate of drug-likeness (QED) is 0.607. The summed E-state index contributed by atoms with van der Waals surface area (Å²) in [5, 5.41) is 4.54. The Hall–Kier alpha value is -2.40. The summed E-state index contributed by atoms with van der Waals surface area (Å²) >= 11 is 0. The minimum absolute atomic E-state index is 0.782. The molecule has 28 heavy (non-hydrogen) atoms. The smallest absolute Gasteiger partial charge is 0.155 e. The lowest BCUT2D eigenvalue weighted by Gasteiger charge is -2.20. The van der Waals surface area contributed by atoms with E-state index >= 15 is 0 Å². The van der Waals surface area contributed by atoms with Crippen LogP contribution < -0.4 is 4.74 Å². The molecule has 0 bridgehead atoms. The van der Waals surface area contributed by atoms with Gasteiger partial charge in [-0.3, -0.25) is 0 Å². The van der Waals surface area contributed by atoms with Crippen LogP contribution in [0.25, 0.3) is 16.9 Å². The van der Waals surface area contributed by atoms with Crippen molar-refractivity contribution in [1.82, 2.24) is 19.5 Å². The van der Waals surface area contributed by atoms with E-state index in [1.165, 1.54) is 61.3 Å². The van der Waals surface area contributed by atoms with Crippen molar-refractivity contribution >= 4 is 5.65 Å². The summed E-state index contributed by atoms with van der Waals surface area (Å²) in [6, 6.07) is 10.5. The van der Waals surface area contributed by atoms with Gasteiger partial charge in [-0.25, -0.2) is 9.50 Å². The molecule has 1 fully saturated rings. The SMILES string of the molecule is c1cc2nc3c(c(-c4ccc(OCCCN5CCCC5)cc4)n2n1)CCCC3. The number of nitrogens with zero attached hydrogens (tertiary/aromatic N) is 4. The second-order valence-electron chi connectivity index (χ2n) is 7.97. The van der Waals surface area contributed by atoms with Gasteiger partial charge >= 0.3 is 0 Å². The van der Waals surface area contributed by atoms with Gasteiger partial charge in [0.1, 0.15) is 5.75 Å². The van der Waals surface area contributed by atoms with Gasteiger partial charge in [0.05, 0.1) is 18.5 Å². The average Bonchev–Trinajstić information content (AvgIpc) is 3.42. The number of likely N-dealkylation sites (tertiary alicyclic amines) is 1. The molecule has 5 rings (SSSR count). The van der Waals surface area contributed by atoms with E-state index in [-0.39, 0.29) is 0 Å². The number of fused-ring (bicyclic) bond motifs is 2. The second kappa shape index (κ2) is 7.92. The summed E-state index contributed by atoms with van der Waals surface area (Å²) in [5.41, 5.74) is 5.94. The highest BCUT2D eigenvalue weighted by molar-refractivity contribution is 5.68. The molecular weight excluding hydrogens is 348 g/mol. The molecule has 5 nitrogen and oxygen atoms in total. The monoisotopic (exact) mass is 376 g/mol. The van der Waals surface area contributed by atoms with Gasteiger partial charge in [-0.1, -0.05) is 0 Å². The summed E-state index contributed by atoms with van der Waals surface area (Å²) in [6.45, 7) is 4.45. The van der Waals surface area contributed by atoms with Gasteiger partial charge in [0, 0.05) is 29.4 Å². The molecular formula is C23H28N4O. The number of aryl methyl sites for hydroxylation is 1. The molecule has 3 heterocycles. The molecule has 0 saturated carbocycles. The van der Waals surface area contributed by atoms with Crippen LogP contribution in [0.2, 0.25) is 0 Å². The molecule has 1 aliphatic heterocycles. The van der Waals surface area contributed by atoms with Crippen LogP contribution in [0.5, 0.6) is 5.75 Å². The van der Waals surface area contributed by atoms with E-state index in [1.807, 2.05) is 16.8 Å². The minimum atomic E-state index is 0.782. The van der Waals surface area contributed by atoms with Gasteiger partial charge in [-0.05, 0) is 82.3 Å². The largest absolute Gasteiger partial charge is 0.494 e. The summed E-state index contributed by atoms with van der Waals surface area (Å²) < 4.78 is 7.98. The standard InChI is InChI=1S/C23H28N4O/c1-2-7-21-20(6-1)23(27-22(25-21)12-13-24-27)18-8-10-19(11-9-18)28-17-5-16-26-14-3-4-15-26/h8-13H,1-7,14-17H2. The predicted octanol–water partition coefficient (Wildman–Crippen LogP) is 4.14. The first kappa shape index (κ1) is 17.7. The highest BCUT2D eigenvalue weighted by Crippen LogP contribution is 2.32. The third-order valence-electron chi connectivity index (χ3n) is 6.02. The number of hydrogen-bond donors (Lipinski definition) is 0. The van der Waals surface area contributed by atoms with E-state index in [0.29, 0.717) is 0 Å².